The van der Waals surface area contributed by atoms with Gasteiger partial charge in [-0.1, -0.05) is 23.7 Å². The van der Waals surface area contributed by atoms with Crippen molar-refractivity contribution in [2.45, 2.75) is 45.6 Å². The second-order valence-corrected chi connectivity index (χ2v) is 12.4. The summed E-state index contributed by atoms with van der Waals surface area (Å²) < 4.78 is 1.74. The van der Waals surface area contributed by atoms with Crippen LogP contribution >= 0.6 is 11.6 Å². The summed E-state index contributed by atoms with van der Waals surface area (Å²) in [6, 6.07) is 7.46. The fraction of sp³-hybridized carbons (Fsp3) is 0.484. The molecule has 2 aromatic heterocycles. The van der Waals surface area contributed by atoms with Crippen LogP contribution < -0.4 is 5.32 Å². The van der Waals surface area contributed by atoms with Gasteiger partial charge in [0.1, 0.15) is 17.8 Å². The first-order valence-electron chi connectivity index (χ1n) is 14.7. The number of rotatable bonds is 8. The molecule has 1 N–H and O–H groups in total. The van der Waals surface area contributed by atoms with Gasteiger partial charge in [0.25, 0.3) is 5.91 Å². The number of aryl methyl sites for hydroxylation is 1. The van der Waals surface area contributed by atoms with E-state index in [1.165, 1.54) is 6.33 Å². The van der Waals surface area contributed by atoms with Gasteiger partial charge >= 0.3 is 0 Å². The number of nitrogens with zero attached hydrogens (tertiary/aromatic N) is 6. The first-order valence-corrected chi connectivity index (χ1v) is 15.1. The summed E-state index contributed by atoms with van der Waals surface area (Å²) in [7, 11) is 0. The third kappa shape index (κ3) is 5.83. The van der Waals surface area contributed by atoms with Gasteiger partial charge in [-0.25, -0.2) is 14.6 Å². The number of benzene rings is 1. The van der Waals surface area contributed by atoms with Crippen molar-refractivity contribution in [2.24, 2.45) is 17.8 Å². The Morgan fingerprint density at radius 1 is 1.10 bits per heavy atom. The molecule has 6 rings (SSSR count). The van der Waals surface area contributed by atoms with E-state index in [9.17, 15) is 14.4 Å². The van der Waals surface area contributed by atoms with Crippen LogP contribution in [0, 0.1) is 31.6 Å². The Morgan fingerprint density at radius 3 is 2.50 bits per heavy atom. The van der Waals surface area contributed by atoms with Gasteiger partial charge in [-0.3, -0.25) is 14.4 Å². The van der Waals surface area contributed by atoms with Crippen molar-refractivity contribution in [3.63, 3.8) is 0 Å². The monoisotopic (exact) mass is 589 g/mol. The predicted molar refractivity (Wildman–Crippen MR) is 157 cm³/mol. The molecule has 1 aliphatic carbocycles. The Balaban J connectivity index is 1.07. The van der Waals surface area contributed by atoms with Crippen molar-refractivity contribution < 1.29 is 14.4 Å². The Bertz CT molecular complexity index is 1480. The molecule has 42 heavy (non-hydrogen) atoms. The van der Waals surface area contributed by atoms with Gasteiger partial charge in [-0.05, 0) is 56.2 Å². The summed E-state index contributed by atoms with van der Waals surface area (Å²) in [6.07, 6.45) is 7.04. The van der Waals surface area contributed by atoms with E-state index in [-0.39, 0.29) is 29.6 Å². The van der Waals surface area contributed by atoms with Crippen molar-refractivity contribution in [2.75, 3.05) is 32.7 Å². The lowest BCUT2D eigenvalue weighted by atomic mass is 10.0. The summed E-state index contributed by atoms with van der Waals surface area (Å²) >= 11 is 6.29. The molecule has 2 aliphatic heterocycles. The van der Waals surface area contributed by atoms with Crippen LogP contribution in [0.25, 0.3) is 5.69 Å². The highest BCUT2D eigenvalue weighted by molar-refractivity contribution is 6.30. The minimum absolute atomic E-state index is 0.0307. The Labute approximate surface area is 250 Å². The predicted octanol–water partition coefficient (Wildman–Crippen LogP) is 3.55. The standard InChI is InChI=1S/C31H36ClN7O3/c1-19-29(20(2)39(36-19)26-12-33-18-34-13-26)31(42)38-16-23-14-37(15-24(23)17-38)9-8-28(21-4-3-5-25(32)10-21)35-30(41)22-6-7-27(40)11-22/h3-5,10,12-13,18,22-24,28H,6-9,11,14-17H2,1-2H3,(H,35,41)/t22?,23?,24?,28-/m0/s1. The maximum Gasteiger partial charge on any atom is 0.257 e. The molecule has 3 aromatic rings. The molecule has 1 aromatic carbocycles. The van der Waals surface area contributed by atoms with Gasteiger partial charge in [-0.2, -0.15) is 5.10 Å². The van der Waals surface area contributed by atoms with Crippen LogP contribution in [0.15, 0.2) is 43.0 Å². The molecule has 3 unspecified atom stereocenters. The Morgan fingerprint density at radius 2 is 1.83 bits per heavy atom. The minimum atomic E-state index is -0.241. The van der Waals surface area contributed by atoms with Crippen molar-refractivity contribution in [1.29, 1.82) is 0 Å². The van der Waals surface area contributed by atoms with Crippen molar-refractivity contribution >= 4 is 29.2 Å². The molecule has 0 spiro atoms. The summed E-state index contributed by atoms with van der Waals surface area (Å²) in [6.45, 7) is 7.90. The maximum atomic E-state index is 13.6. The van der Waals surface area contributed by atoms with Gasteiger partial charge in [0.2, 0.25) is 5.91 Å². The van der Waals surface area contributed by atoms with Crippen molar-refractivity contribution in [3.05, 3.63) is 70.5 Å². The lowest BCUT2D eigenvalue weighted by molar-refractivity contribution is -0.127. The SMILES string of the molecule is Cc1nn(-c2cncnc2)c(C)c1C(=O)N1CC2CN(CC[C@H](NC(=O)C3CCC(=O)C3)c3cccc(Cl)c3)CC2C1. The minimum Gasteiger partial charge on any atom is -0.349 e. The second kappa shape index (κ2) is 11.9. The van der Waals surface area contributed by atoms with Crippen LogP contribution in [-0.4, -0.2) is 79.9 Å². The number of hydrogen-bond acceptors (Lipinski definition) is 7. The quantitative estimate of drug-likeness (QED) is 0.427. The summed E-state index contributed by atoms with van der Waals surface area (Å²) in [5, 5.41) is 8.46. The number of Topliss-reactive ketones (excluding diaryl/α,β-unsaturated/α-hetero) is 1. The zero-order chi connectivity index (χ0) is 29.4. The fourth-order valence-corrected chi connectivity index (χ4v) is 7.08. The van der Waals surface area contributed by atoms with E-state index in [0.717, 1.165) is 56.1 Å². The zero-order valence-electron chi connectivity index (χ0n) is 24.0. The summed E-state index contributed by atoms with van der Waals surface area (Å²) in [4.78, 5) is 51.0. The highest BCUT2D eigenvalue weighted by atomic mass is 35.5. The highest BCUT2D eigenvalue weighted by Gasteiger charge is 2.42. The normalized spacial score (nSPS) is 22.9. The zero-order valence-corrected chi connectivity index (χ0v) is 24.8. The Hall–Kier alpha value is -3.63. The molecule has 3 aliphatic rings. The molecule has 2 amide bonds. The molecule has 1 saturated carbocycles. The number of likely N-dealkylation sites (tertiary alicyclic amines) is 2. The number of fused-ring (bicyclic) bond motifs is 1. The summed E-state index contributed by atoms with van der Waals surface area (Å²) in [5.41, 5.74) is 3.86. The Kier molecular flexibility index (Phi) is 8.09. The van der Waals surface area contributed by atoms with E-state index >= 15 is 0 Å². The smallest absolute Gasteiger partial charge is 0.257 e. The summed E-state index contributed by atoms with van der Waals surface area (Å²) in [5.74, 6) is 0.728. The van der Waals surface area contributed by atoms with Gasteiger partial charge in [0.15, 0.2) is 0 Å². The maximum absolute atomic E-state index is 13.6. The number of amides is 2. The number of ketones is 1. The fourth-order valence-electron chi connectivity index (χ4n) is 6.89. The van der Waals surface area contributed by atoms with Crippen LogP contribution in [0.5, 0.6) is 0 Å². The van der Waals surface area contributed by atoms with Gasteiger partial charge in [0.05, 0.1) is 35.4 Å². The molecule has 4 atom stereocenters. The molecule has 0 bridgehead atoms. The van der Waals surface area contributed by atoms with Gasteiger partial charge in [0, 0.05) is 56.5 Å². The number of nitrogens with one attached hydrogen (secondary N) is 1. The highest BCUT2D eigenvalue weighted by Crippen LogP contribution is 2.34. The number of carbonyl (C=O) groups excluding carboxylic acids is 3. The molecular formula is C31H36ClN7O3. The molecule has 3 fully saturated rings. The molecule has 220 valence electrons. The van der Waals surface area contributed by atoms with E-state index in [1.807, 2.05) is 43.0 Å². The van der Waals surface area contributed by atoms with Crippen LogP contribution in [0.3, 0.4) is 0 Å². The molecular weight excluding hydrogens is 554 g/mol. The van der Waals surface area contributed by atoms with E-state index in [2.05, 4.69) is 25.3 Å². The third-order valence-electron chi connectivity index (χ3n) is 9.06. The number of aromatic nitrogens is 4. The van der Waals surface area contributed by atoms with Crippen molar-refractivity contribution in [3.8, 4) is 5.69 Å². The van der Waals surface area contributed by atoms with E-state index in [1.54, 1.807) is 17.1 Å². The lowest BCUT2D eigenvalue weighted by Crippen LogP contribution is -2.37. The van der Waals surface area contributed by atoms with E-state index in [0.29, 0.717) is 47.4 Å². The van der Waals surface area contributed by atoms with Crippen LogP contribution in [0.4, 0.5) is 0 Å². The molecule has 11 heteroatoms. The van der Waals surface area contributed by atoms with Crippen LogP contribution in [-0.2, 0) is 9.59 Å². The van der Waals surface area contributed by atoms with Gasteiger partial charge in [-0.15, -0.1) is 0 Å². The molecule has 2 saturated heterocycles. The molecule has 0 radical (unpaired) electrons. The second-order valence-electron chi connectivity index (χ2n) is 11.9. The third-order valence-corrected chi connectivity index (χ3v) is 9.30. The van der Waals surface area contributed by atoms with E-state index < -0.39 is 0 Å². The average molecular weight is 590 g/mol. The lowest BCUT2D eigenvalue weighted by Gasteiger charge is -2.26. The first kappa shape index (κ1) is 28.5. The van der Waals surface area contributed by atoms with Gasteiger partial charge < -0.3 is 15.1 Å². The first-order chi connectivity index (χ1) is 20.3. The number of halogens is 1. The van der Waals surface area contributed by atoms with Crippen molar-refractivity contribution in [1.82, 2.24) is 34.9 Å². The molecule has 4 heterocycles. The average Bonchev–Trinajstić information content (AvgIpc) is 3.74. The van der Waals surface area contributed by atoms with E-state index in [4.69, 9.17) is 11.6 Å². The van der Waals surface area contributed by atoms with Crippen LogP contribution in [0.1, 0.15) is 59.0 Å². The number of carbonyl (C=O) groups is 3. The topological polar surface area (TPSA) is 113 Å². The van der Waals surface area contributed by atoms with Crippen LogP contribution in [0.2, 0.25) is 5.02 Å². The molecule has 10 nitrogen and oxygen atoms in total. The largest absolute Gasteiger partial charge is 0.349 e. The number of hydrogen-bond donors (Lipinski definition) is 1.